The number of hydrogen-bond acceptors (Lipinski definition) is 2. The molecule has 2 nitrogen and oxygen atoms in total. The number of halogens is 1. The van der Waals surface area contributed by atoms with E-state index in [0.29, 0.717) is 5.15 Å². The lowest BCUT2D eigenvalue weighted by atomic mass is 10.1. The first kappa shape index (κ1) is 9.88. The van der Waals surface area contributed by atoms with E-state index in [-0.39, 0.29) is 5.54 Å². The third-order valence-corrected chi connectivity index (χ3v) is 1.75. The zero-order valence-corrected chi connectivity index (χ0v) is 8.39. The smallest absolute Gasteiger partial charge is 0.131 e. The highest BCUT2D eigenvalue weighted by molar-refractivity contribution is 6.29. The van der Waals surface area contributed by atoms with E-state index in [2.05, 4.69) is 16.2 Å². The van der Waals surface area contributed by atoms with Crippen LogP contribution in [0.5, 0.6) is 0 Å². The molecule has 0 unspecified atom stereocenters. The van der Waals surface area contributed by atoms with E-state index in [1.807, 2.05) is 19.9 Å². The topological polar surface area (TPSA) is 24.9 Å². The van der Waals surface area contributed by atoms with Crippen molar-refractivity contribution in [1.82, 2.24) is 4.98 Å². The molecule has 0 saturated carbocycles. The fraction of sp³-hybridized carbons (Fsp3) is 0.300. The van der Waals surface area contributed by atoms with Crippen molar-refractivity contribution in [1.29, 1.82) is 0 Å². The van der Waals surface area contributed by atoms with Gasteiger partial charge in [-0.2, -0.15) is 0 Å². The Kier molecular flexibility index (Phi) is 2.79. The van der Waals surface area contributed by atoms with Crippen LogP contribution in [0, 0.1) is 12.3 Å². The van der Waals surface area contributed by atoms with Crippen LogP contribution in [-0.4, -0.2) is 10.5 Å². The van der Waals surface area contributed by atoms with E-state index in [1.54, 1.807) is 12.3 Å². The van der Waals surface area contributed by atoms with Crippen molar-refractivity contribution >= 4 is 17.3 Å². The maximum Gasteiger partial charge on any atom is 0.131 e. The molecule has 13 heavy (non-hydrogen) atoms. The Balaban J connectivity index is 2.82. The first-order valence-corrected chi connectivity index (χ1v) is 4.29. The molecule has 0 amide bonds. The number of nitrogens with zero attached hydrogens (tertiary/aromatic N) is 1. The molecule has 0 aromatic carbocycles. The Morgan fingerprint density at radius 3 is 2.85 bits per heavy atom. The first-order valence-electron chi connectivity index (χ1n) is 3.91. The lowest BCUT2D eigenvalue weighted by molar-refractivity contribution is 0.741. The highest BCUT2D eigenvalue weighted by Gasteiger charge is 2.12. The van der Waals surface area contributed by atoms with E-state index >= 15 is 0 Å². The lowest BCUT2D eigenvalue weighted by Gasteiger charge is -2.20. The van der Waals surface area contributed by atoms with Crippen molar-refractivity contribution in [2.24, 2.45) is 0 Å². The van der Waals surface area contributed by atoms with Crippen LogP contribution in [0.4, 0.5) is 5.69 Å². The second kappa shape index (κ2) is 3.68. The third-order valence-electron chi connectivity index (χ3n) is 1.54. The summed E-state index contributed by atoms with van der Waals surface area (Å²) in [4.78, 5) is 3.87. The van der Waals surface area contributed by atoms with Gasteiger partial charge < -0.3 is 5.32 Å². The summed E-state index contributed by atoms with van der Waals surface area (Å²) in [5.74, 6) is 2.63. The minimum absolute atomic E-state index is 0.370. The fourth-order valence-electron chi connectivity index (χ4n) is 0.877. The zero-order chi connectivity index (χ0) is 9.90. The van der Waals surface area contributed by atoms with Crippen LogP contribution in [-0.2, 0) is 0 Å². The summed E-state index contributed by atoms with van der Waals surface area (Å²) >= 11 is 5.71. The van der Waals surface area contributed by atoms with Crippen molar-refractivity contribution < 1.29 is 0 Å². The molecule has 0 aliphatic heterocycles. The number of rotatable bonds is 2. The molecule has 0 radical (unpaired) electrons. The van der Waals surface area contributed by atoms with Crippen LogP contribution in [0.15, 0.2) is 18.3 Å². The molecule has 0 spiro atoms. The summed E-state index contributed by atoms with van der Waals surface area (Å²) in [7, 11) is 0. The quantitative estimate of drug-likeness (QED) is 0.578. The summed E-state index contributed by atoms with van der Waals surface area (Å²) in [5, 5.41) is 3.60. The third kappa shape index (κ3) is 2.96. The molecule has 0 aliphatic carbocycles. The number of pyridine rings is 1. The molecule has 0 fully saturated rings. The highest BCUT2D eigenvalue weighted by atomic mass is 35.5. The normalized spacial score (nSPS) is 10.6. The number of hydrogen-bond donors (Lipinski definition) is 1. The average molecular weight is 195 g/mol. The van der Waals surface area contributed by atoms with Crippen LogP contribution >= 0.6 is 11.6 Å². The summed E-state index contributed by atoms with van der Waals surface area (Å²) in [5.41, 5.74) is 0.507. The van der Waals surface area contributed by atoms with Gasteiger partial charge in [-0.3, -0.25) is 0 Å². The van der Waals surface area contributed by atoms with Crippen molar-refractivity contribution in [2.75, 3.05) is 5.32 Å². The molecule has 0 aliphatic rings. The Bertz CT molecular complexity index is 339. The summed E-state index contributed by atoms with van der Waals surface area (Å²) in [6, 6.07) is 3.56. The number of nitrogens with one attached hydrogen (secondary N) is 1. The maximum absolute atomic E-state index is 5.71. The van der Waals surface area contributed by atoms with Gasteiger partial charge in [0.05, 0.1) is 5.54 Å². The predicted octanol–water partition coefficient (Wildman–Crippen LogP) is 2.56. The molecule has 1 N–H and O–H groups in total. The van der Waals surface area contributed by atoms with E-state index in [0.717, 1.165) is 5.69 Å². The molecule has 3 heteroatoms. The monoisotopic (exact) mass is 194 g/mol. The molecule has 0 bridgehead atoms. The van der Waals surface area contributed by atoms with Crippen molar-refractivity contribution in [3.05, 3.63) is 23.5 Å². The van der Waals surface area contributed by atoms with Crippen LogP contribution in [0.1, 0.15) is 13.8 Å². The standard InChI is InChI=1S/C10H11ClN2/c1-4-10(2,3)13-8-5-6-12-9(11)7-8/h1,5-7H,2-3H3,(H,12,13). The van der Waals surface area contributed by atoms with Gasteiger partial charge in [-0.25, -0.2) is 4.98 Å². The van der Waals surface area contributed by atoms with Gasteiger partial charge in [0.25, 0.3) is 0 Å². The van der Waals surface area contributed by atoms with E-state index in [9.17, 15) is 0 Å². The van der Waals surface area contributed by atoms with Gasteiger partial charge in [-0.05, 0) is 26.0 Å². The highest BCUT2D eigenvalue weighted by Crippen LogP contribution is 2.16. The summed E-state index contributed by atoms with van der Waals surface area (Å²) in [6.45, 7) is 3.84. The Morgan fingerprint density at radius 2 is 2.31 bits per heavy atom. The number of aromatic nitrogens is 1. The molecule has 0 atom stereocenters. The first-order chi connectivity index (χ1) is 6.03. The molecule has 1 heterocycles. The van der Waals surface area contributed by atoms with Gasteiger partial charge in [-0.1, -0.05) is 17.5 Å². The molecule has 1 aromatic rings. The van der Waals surface area contributed by atoms with Gasteiger partial charge in [0.15, 0.2) is 0 Å². The molecule has 0 saturated heterocycles. The van der Waals surface area contributed by atoms with E-state index in [1.165, 1.54) is 0 Å². The van der Waals surface area contributed by atoms with Gasteiger partial charge in [0.1, 0.15) is 5.15 Å². The van der Waals surface area contributed by atoms with Gasteiger partial charge in [0.2, 0.25) is 0 Å². The average Bonchev–Trinajstić information content (AvgIpc) is 2.03. The lowest BCUT2D eigenvalue weighted by Crippen LogP contribution is -2.28. The van der Waals surface area contributed by atoms with Crippen molar-refractivity contribution in [2.45, 2.75) is 19.4 Å². The molecule has 68 valence electrons. The minimum atomic E-state index is -0.370. The van der Waals surface area contributed by atoms with Crippen LogP contribution in [0.2, 0.25) is 5.15 Å². The Hall–Kier alpha value is -1.20. The molecular formula is C10H11ClN2. The van der Waals surface area contributed by atoms with Gasteiger partial charge >= 0.3 is 0 Å². The van der Waals surface area contributed by atoms with Crippen LogP contribution < -0.4 is 5.32 Å². The number of terminal acetylenes is 1. The van der Waals surface area contributed by atoms with E-state index in [4.69, 9.17) is 18.0 Å². The number of anilines is 1. The van der Waals surface area contributed by atoms with Crippen LogP contribution in [0.25, 0.3) is 0 Å². The van der Waals surface area contributed by atoms with Gasteiger partial charge in [-0.15, -0.1) is 6.42 Å². The largest absolute Gasteiger partial charge is 0.369 e. The fourth-order valence-corrected chi connectivity index (χ4v) is 1.05. The second-order valence-electron chi connectivity index (χ2n) is 3.26. The second-order valence-corrected chi connectivity index (χ2v) is 3.65. The van der Waals surface area contributed by atoms with Gasteiger partial charge in [0, 0.05) is 11.9 Å². The Morgan fingerprint density at radius 1 is 1.62 bits per heavy atom. The zero-order valence-electron chi connectivity index (χ0n) is 7.63. The molecule has 1 aromatic heterocycles. The van der Waals surface area contributed by atoms with E-state index < -0.39 is 0 Å². The maximum atomic E-state index is 5.71. The van der Waals surface area contributed by atoms with Crippen molar-refractivity contribution in [3.8, 4) is 12.3 Å². The Labute approximate surface area is 83.3 Å². The minimum Gasteiger partial charge on any atom is -0.369 e. The summed E-state index contributed by atoms with van der Waals surface area (Å²) < 4.78 is 0. The van der Waals surface area contributed by atoms with Crippen LogP contribution in [0.3, 0.4) is 0 Å². The summed E-state index contributed by atoms with van der Waals surface area (Å²) in [6.07, 6.45) is 6.97. The predicted molar refractivity (Wildman–Crippen MR) is 55.8 cm³/mol. The SMILES string of the molecule is C#CC(C)(C)Nc1ccnc(Cl)c1. The van der Waals surface area contributed by atoms with Crippen molar-refractivity contribution in [3.63, 3.8) is 0 Å². The molecular weight excluding hydrogens is 184 g/mol. The molecule has 1 rings (SSSR count).